The molecule has 13 heteroatoms. The molecular formula is C18H21N3O8S2. The van der Waals surface area contributed by atoms with Crippen molar-refractivity contribution in [2.24, 2.45) is 5.10 Å². The van der Waals surface area contributed by atoms with Gasteiger partial charge in [0.15, 0.2) is 20.6 Å². The van der Waals surface area contributed by atoms with E-state index in [0.29, 0.717) is 0 Å². The number of sulfone groups is 1. The molecule has 0 unspecified atom stereocenters. The molecule has 0 atom stereocenters. The predicted octanol–water partition coefficient (Wildman–Crippen LogP) is 1.97. The number of hydrogen-bond acceptors (Lipinski definition) is 11. The quantitative estimate of drug-likeness (QED) is 0.249. The average molecular weight is 472 g/mol. The third kappa shape index (κ3) is 7.53. The zero-order valence-electron chi connectivity index (χ0n) is 17.1. The van der Waals surface area contributed by atoms with Crippen LogP contribution in [-0.4, -0.2) is 52.6 Å². The number of hydrazone groups is 1. The molecule has 2 aromatic rings. The number of aromatic nitrogens is 1. The van der Waals surface area contributed by atoms with Crippen molar-refractivity contribution in [1.82, 2.24) is 4.98 Å². The van der Waals surface area contributed by atoms with Gasteiger partial charge in [-0.25, -0.2) is 18.2 Å². The highest BCUT2D eigenvalue weighted by atomic mass is 32.2. The molecule has 31 heavy (non-hydrogen) atoms. The molecule has 0 aliphatic carbocycles. The van der Waals surface area contributed by atoms with E-state index < -0.39 is 25.9 Å². The van der Waals surface area contributed by atoms with Crippen molar-refractivity contribution < 1.29 is 35.3 Å². The Hall–Kier alpha value is -3.19. The number of ether oxygens (including phenoxy) is 2. The molecule has 2 rings (SSSR count). The summed E-state index contributed by atoms with van der Waals surface area (Å²) in [7, 11) is -7.34. The first-order chi connectivity index (χ1) is 14.4. The first kappa shape index (κ1) is 24.1. The summed E-state index contributed by atoms with van der Waals surface area (Å²) in [5, 5.41) is 3.74. The van der Waals surface area contributed by atoms with Gasteiger partial charge in [0.1, 0.15) is 22.9 Å². The van der Waals surface area contributed by atoms with Gasteiger partial charge < -0.3 is 13.7 Å². The predicted molar refractivity (Wildman–Crippen MR) is 113 cm³/mol. The number of esters is 1. The number of rotatable bonds is 9. The van der Waals surface area contributed by atoms with E-state index in [4.69, 9.17) is 13.7 Å². The van der Waals surface area contributed by atoms with Crippen LogP contribution < -0.4 is 14.3 Å². The zero-order chi connectivity index (χ0) is 23.2. The van der Waals surface area contributed by atoms with E-state index in [2.05, 4.69) is 15.5 Å². The van der Waals surface area contributed by atoms with Crippen molar-refractivity contribution >= 4 is 37.3 Å². The normalized spacial score (nSPS) is 12.2. The maximum Gasteiger partial charge on any atom is 0.354 e. The van der Waals surface area contributed by atoms with Gasteiger partial charge in [0.05, 0.1) is 19.1 Å². The van der Waals surface area contributed by atoms with Crippen LogP contribution in [0.5, 0.6) is 17.2 Å². The van der Waals surface area contributed by atoms with Crippen LogP contribution in [0.15, 0.2) is 46.7 Å². The lowest BCUT2D eigenvalue weighted by atomic mass is 10.3. The van der Waals surface area contributed by atoms with Crippen LogP contribution in [0.4, 0.5) is 5.69 Å². The highest BCUT2D eigenvalue weighted by Gasteiger charge is 2.14. The molecule has 1 heterocycles. The van der Waals surface area contributed by atoms with Crippen molar-refractivity contribution in [3.05, 3.63) is 36.5 Å². The topological polar surface area (TPSA) is 150 Å². The smallest absolute Gasteiger partial charge is 0.354 e. The van der Waals surface area contributed by atoms with Crippen molar-refractivity contribution in [2.45, 2.75) is 18.9 Å². The number of anilines is 1. The van der Waals surface area contributed by atoms with Gasteiger partial charge in [-0.3, -0.25) is 5.43 Å². The van der Waals surface area contributed by atoms with Gasteiger partial charge in [-0.05, 0) is 38.1 Å². The Morgan fingerprint density at radius 1 is 1.10 bits per heavy atom. The maximum absolute atomic E-state index is 11.6. The molecule has 0 saturated carbocycles. The van der Waals surface area contributed by atoms with Crippen molar-refractivity contribution in [3.8, 4) is 17.2 Å². The first-order valence-electron chi connectivity index (χ1n) is 8.74. The Kier molecular flexibility index (Phi) is 7.57. The minimum Gasteiger partial charge on any atom is -0.461 e. The van der Waals surface area contributed by atoms with Crippen LogP contribution in [0.25, 0.3) is 0 Å². The minimum absolute atomic E-state index is 0.0181. The number of nitrogens with one attached hydrogen (secondary N) is 1. The van der Waals surface area contributed by atoms with E-state index in [1.165, 1.54) is 43.5 Å². The highest BCUT2D eigenvalue weighted by molar-refractivity contribution is 7.90. The Morgan fingerprint density at radius 2 is 1.77 bits per heavy atom. The lowest BCUT2D eigenvalue weighted by Gasteiger charge is -2.12. The Labute approximate surface area is 180 Å². The molecule has 0 radical (unpaired) electrons. The summed E-state index contributed by atoms with van der Waals surface area (Å²) in [5.74, 6) is -0.370. The maximum atomic E-state index is 11.6. The summed E-state index contributed by atoms with van der Waals surface area (Å²) < 4.78 is 61.6. The number of benzene rings is 1. The fourth-order valence-corrected chi connectivity index (χ4v) is 3.12. The molecular weight excluding hydrogens is 450 g/mol. The number of carbonyl (C=O) groups is 1. The van der Waals surface area contributed by atoms with E-state index in [1.54, 1.807) is 6.92 Å². The minimum atomic E-state index is -3.89. The van der Waals surface area contributed by atoms with Crippen LogP contribution in [0.2, 0.25) is 0 Å². The van der Waals surface area contributed by atoms with Crippen LogP contribution >= 0.6 is 0 Å². The monoisotopic (exact) mass is 471 g/mol. The van der Waals surface area contributed by atoms with E-state index in [9.17, 15) is 21.6 Å². The first-order valence-corrected chi connectivity index (χ1v) is 12.4. The molecule has 0 amide bonds. The van der Waals surface area contributed by atoms with Crippen molar-refractivity contribution in [3.63, 3.8) is 0 Å². The second-order valence-electron chi connectivity index (χ2n) is 6.18. The fraction of sp³-hybridized carbons (Fsp3) is 0.278. The molecule has 0 spiro atoms. The van der Waals surface area contributed by atoms with Gasteiger partial charge in [0.2, 0.25) is 0 Å². The van der Waals surface area contributed by atoms with E-state index in [1.807, 2.05) is 0 Å². The largest absolute Gasteiger partial charge is 0.461 e. The van der Waals surface area contributed by atoms with Crippen molar-refractivity contribution in [2.75, 3.05) is 24.5 Å². The Balaban J connectivity index is 2.29. The molecule has 0 saturated heterocycles. The number of pyridine rings is 1. The number of carbonyl (C=O) groups excluding carboxylic acids is 1. The SMILES string of the molecule is CCOC(=O)C(C)=NNc1ccc(Oc2ccc(S(C)(=O)=O)nc2)cc1OS(C)(=O)=O. The summed E-state index contributed by atoms with van der Waals surface area (Å²) in [6, 6.07) is 6.87. The van der Waals surface area contributed by atoms with Gasteiger partial charge in [-0.2, -0.15) is 13.5 Å². The van der Waals surface area contributed by atoms with E-state index in [-0.39, 0.29) is 40.3 Å². The van der Waals surface area contributed by atoms with Crippen LogP contribution in [-0.2, 0) is 29.5 Å². The molecule has 0 fully saturated rings. The van der Waals surface area contributed by atoms with E-state index >= 15 is 0 Å². The third-order valence-electron chi connectivity index (χ3n) is 3.43. The molecule has 0 aliphatic heterocycles. The highest BCUT2D eigenvalue weighted by Crippen LogP contribution is 2.33. The lowest BCUT2D eigenvalue weighted by Crippen LogP contribution is -2.15. The zero-order valence-corrected chi connectivity index (χ0v) is 18.8. The third-order valence-corrected chi connectivity index (χ3v) is 4.92. The Morgan fingerprint density at radius 3 is 2.32 bits per heavy atom. The molecule has 1 aromatic carbocycles. The van der Waals surface area contributed by atoms with Gasteiger partial charge in [-0.15, -0.1) is 0 Å². The van der Waals surface area contributed by atoms with Gasteiger partial charge in [0, 0.05) is 12.3 Å². The van der Waals surface area contributed by atoms with Gasteiger partial charge >= 0.3 is 16.1 Å². The lowest BCUT2D eigenvalue weighted by molar-refractivity contribution is -0.135. The fourth-order valence-electron chi connectivity index (χ4n) is 2.10. The number of hydrogen-bond donors (Lipinski definition) is 1. The molecule has 0 bridgehead atoms. The summed E-state index contributed by atoms with van der Waals surface area (Å²) in [4.78, 5) is 15.4. The molecule has 1 N–H and O–H groups in total. The molecule has 11 nitrogen and oxygen atoms in total. The molecule has 1 aromatic heterocycles. The summed E-state index contributed by atoms with van der Waals surface area (Å²) in [6.07, 6.45) is 3.11. The second-order valence-corrected chi connectivity index (χ2v) is 9.72. The summed E-state index contributed by atoms with van der Waals surface area (Å²) in [5.41, 5.74) is 2.72. The van der Waals surface area contributed by atoms with Crippen molar-refractivity contribution in [1.29, 1.82) is 0 Å². The number of nitrogens with zero attached hydrogens (tertiary/aromatic N) is 2. The summed E-state index contributed by atoms with van der Waals surface area (Å²) >= 11 is 0. The van der Waals surface area contributed by atoms with Crippen LogP contribution in [0.1, 0.15) is 13.8 Å². The standard InChI is InChI=1S/C18H21N3O8S2/c1-5-27-18(22)12(2)20-21-15-8-6-13(10-16(15)29-31(4,25)26)28-14-7-9-17(19-11-14)30(3,23)24/h6-11,21H,5H2,1-4H3. The van der Waals surface area contributed by atoms with Crippen LogP contribution in [0.3, 0.4) is 0 Å². The second kappa shape index (κ2) is 9.75. The average Bonchev–Trinajstić information content (AvgIpc) is 2.66. The van der Waals surface area contributed by atoms with Gasteiger partial charge in [0.25, 0.3) is 0 Å². The molecule has 0 aliphatic rings. The van der Waals surface area contributed by atoms with E-state index in [0.717, 1.165) is 12.5 Å². The Bertz CT molecular complexity index is 1190. The molecule has 168 valence electrons. The van der Waals surface area contributed by atoms with Crippen LogP contribution in [0, 0.1) is 0 Å². The summed E-state index contributed by atoms with van der Waals surface area (Å²) in [6.45, 7) is 3.26. The van der Waals surface area contributed by atoms with Gasteiger partial charge in [-0.1, -0.05) is 0 Å².